The van der Waals surface area contributed by atoms with E-state index in [0.29, 0.717) is 6.42 Å². The number of fused-ring (bicyclic) bond motifs is 3. The van der Waals surface area contributed by atoms with Crippen molar-refractivity contribution in [3.63, 3.8) is 0 Å². The Hall–Kier alpha value is -3.02. The Labute approximate surface area is 194 Å². The van der Waals surface area contributed by atoms with Crippen LogP contribution in [0.25, 0.3) is 31.6 Å². The number of aromatic nitrogens is 1. The number of para-hydroxylation sites is 1. The molecule has 0 radical (unpaired) electrons. The molecule has 158 valence electrons. The topological polar surface area (TPSA) is 42.0 Å². The molecule has 0 saturated carbocycles. The Balaban J connectivity index is 1.33. The molecular formula is C27H22N2OS2. The molecule has 0 unspecified atom stereocenters. The lowest BCUT2D eigenvalue weighted by Crippen LogP contribution is -2.14. The molecule has 1 amide bonds. The fourth-order valence-corrected chi connectivity index (χ4v) is 6.98. The lowest BCUT2D eigenvalue weighted by Gasteiger charge is -2.12. The van der Waals surface area contributed by atoms with Crippen LogP contribution in [-0.2, 0) is 24.1 Å². The SMILES string of the molecule is O=C(Cc1ccc2ccccc2c1)Nc1sc2c(c1-c1nc3ccccc3s1)CCCC2. The molecule has 1 aliphatic carbocycles. The van der Waals surface area contributed by atoms with Crippen molar-refractivity contribution in [3.05, 3.63) is 82.7 Å². The van der Waals surface area contributed by atoms with Crippen molar-refractivity contribution >= 4 is 54.6 Å². The van der Waals surface area contributed by atoms with Gasteiger partial charge in [-0.1, -0.05) is 54.6 Å². The predicted octanol–water partition coefficient (Wildman–Crippen LogP) is 7.24. The van der Waals surface area contributed by atoms with Crippen molar-refractivity contribution in [2.75, 3.05) is 5.32 Å². The van der Waals surface area contributed by atoms with E-state index in [2.05, 4.69) is 53.8 Å². The summed E-state index contributed by atoms with van der Waals surface area (Å²) >= 11 is 3.46. The first-order valence-corrected chi connectivity index (χ1v) is 12.7. The van der Waals surface area contributed by atoms with Gasteiger partial charge >= 0.3 is 0 Å². The Morgan fingerprint density at radius 1 is 0.906 bits per heavy atom. The summed E-state index contributed by atoms with van der Waals surface area (Å²) in [6, 6.07) is 22.8. The van der Waals surface area contributed by atoms with Gasteiger partial charge in [-0.25, -0.2) is 4.98 Å². The van der Waals surface area contributed by atoms with Crippen LogP contribution in [0.5, 0.6) is 0 Å². The van der Waals surface area contributed by atoms with Crippen molar-refractivity contribution in [1.29, 1.82) is 0 Å². The van der Waals surface area contributed by atoms with E-state index in [0.717, 1.165) is 39.5 Å². The Kier molecular flexibility index (Phi) is 5.01. The minimum atomic E-state index is 0.0289. The molecule has 5 heteroatoms. The second-order valence-corrected chi connectivity index (χ2v) is 10.4. The molecule has 0 bridgehead atoms. The molecule has 2 heterocycles. The molecule has 0 aliphatic heterocycles. The quantitative estimate of drug-likeness (QED) is 0.311. The van der Waals surface area contributed by atoms with Gasteiger partial charge in [0.2, 0.25) is 5.91 Å². The molecule has 0 spiro atoms. The average Bonchev–Trinajstić information content (AvgIpc) is 3.39. The van der Waals surface area contributed by atoms with Crippen LogP contribution >= 0.6 is 22.7 Å². The Morgan fingerprint density at radius 2 is 1.72 bits per heavy atom. The van der Waals surface area contributed by atoms with Crippen LogP contribution in [0.15, 0.2) is 66.7 Å². The van der Waals surface area contributed by atoms with E-state index in [1.54, 1.807) is 22.7 Å². The van der Waals surface area contributed by atoms with Gasteiger partial charge in [0.1, 0.15) is 10.0 Å². The van der Waals surface area contributed by atoms with Gasteiger partial charge in [-0.3, -0.25) is 4.79 Å². The van der Waals surface area contributed by atoms with Crippen molar-refractivity contribution in [2.45, 2.75) is 32.1 Å². The third kappa shape index (κ3) is 3.61. The first kappa shape index (κ1) is 19.6. The standard InChI is InChI=1S/C27H22N2OS2/c30-24(16-17-13-14-18-7-1-2-8-19(18)15-17)29-27-25(20-9-3-5-11-22(20)31-27)26-28-21-10-4-6-12-23(21)32-26/h1-2,4,6-8,10,12-15H,3,5,9,11,16H2,(H,29,30). The van der Waals surface area contributed by atoms with Gasteiger partial charge in [0.05, 0.1) is 16.6 Å². The highest BCUT2D eigenvalue weighted by molar-refractivity contribution is 7.22. The lowest BCUT2D eigenvalue weighted by atomic mass is 9.95. The number of rotatable bonds is 4. The molecule has 32 heavy (non-hydrogen) atoms. The molecule has 0 atom stereocenters. The molecule has 3 nitrogen and oxygen atoms in total. The van der Waals surface area contributed by atoms with E-state index in [9.17, 15) is 4.79 Å². The fourth-order valence-electron chi connectivity index (χ4n) is 4.56. The first-order valence-electron chi connectivity index (χ1n) is 11.0. The van der Waals surface area contributed by atoms with Crippen molar-refractivity contribution in [3.8, 4) is 10.6 Å². The van der Waals surface area contributed by atoms with Gasteiger partial charge in [-0.05, 0) is 59.7 Å². The third-order valence-electron chi connectivity index (χ3n) is 6.11. The molecule has 6 rings (SSSR count). The van der Waals surface area contributed by atoms with Crippen LogP contribution < -0.4 is 5.32 Å². The highest BCUT2D eigenvalue weighted by Gasteiger charge is 2.25. The molecule has 0 fully saturated rings. The van der Waals surface area contributed by atoms with E-state index in [4.69, 9.17) is 4.98 Å². The zero-order chi connectivity index (χ0) is 21.5. The number of anilines is 1. The largest absolute Gasteiger partial charge is 0.317 e. The number of aryl methyl sites for hydroxylation is 1. The molecule has 1 N–H and O–H groups in total. The van der Waals surface area contributed by atoms with Crippen LogP contribution in [-0.4, -0.2) is 10.9 Å². The Morgan fingerprint density at radius 3 is 2.62 bits per heavy atom. The van der Waals surface area contributed by atoms with Crippen LogP contribution in [0.2, 0.25) is 0 Å². The zero-order valence-electron chi connectivity index (χ0n) is 17.6. The van der Waals surface area contributed by atoms with E-state index in [1.807, 2.05) is 18.2 Å². The smallest absolute Gasteiger partial charge is 0.229 e. The second kappa shape index (κ2) is 8.15. The monoisotopic (exact) mass is 454 g/mol. The lowest BCUT2D eigenvalue weighted by molar-refractivity contribution is -0.115. The minimum Gasteiger partial charge on any atom is -0.317 e. The summed E-state index contributed by atoms with van der Waals surface area (Å²) in [5.41, 5.74) is 4.60. The summed E-state index contributed by atoms with van der Waals surface area (Å²) in [6.07, 6.45) is 4.95. The number of hydrogen-bond donors (Lipinski definition) is 1. The second-order valence-electron chi connectivity index (χ2n) is 8.31. The number of hydrogen-bond acceptors (Lipinski definition) is 4. The van der Waals surface area contributed by atoms with Gasteiger partial charge in [0.15, 0.2) is 0 Å². The molecule has 5 aromatic rings. The van der Waals surface area contributed by atoms with Crippen LogP contribution in [0.1, 0.15) is 28.8 Å². The summed E-state index contributed by atoms with van der Waals surface area (Å²) in [5.74, 6) is 0.0289. The minimum absolute atomic E-state index is 0.0289. The molecule has 0 saturated heterocycles. The predicted molar refractivity (Wildman–Crippen MR) is 136 cm³/mol. The van der Waals surface area contributed by atoms with Crippen molar-refractivity contribution in [2.24, 2.45) is 0 Å². The molecule has 1 aliphatic rings. The summed E-state index contributed by atoms with van der Waals surface area (Å²) in [6.45, 7) is 0. The number of nitrogens with zero attached hydrogens (tertiary/aromatic N) is 1. The normalized spacial score (nSPS) is 13.4. The van der Waals surface area contributed by atoms with Gasteiger partial charge in [0.25, 0.3) is 0 Å². The number of carbonyl (C=O) groups excluding carboxylic acids is 1. The number of carbonyl (C=O) groups is 1. The van der Waals surface area contributed by atoms with E-state index >= 15 is 0 Å². The van der Waals surface area contributed by atoms with Gasteiger partial charge in [-0.15, -0.1) is 22.7 Å². The first-order chi connectivity index (χ1) is 15.7. The van der Waals surface area contributed by atoms with Crippen LogP contribution in [0.4, 0.5) is 5.00 Å². The maximum absolute atomic E-state index is 13.1. The summed E-state index contributed by atoms with van der Waals surface area (Å²) in [5, 5.41) is 7.59. The van der Waals surface area contributed by atoms with E-state index in [-0.39, 0.29) is 5.91 Å². The maximum atomic E-state index is 13.1. The maximum Gasteiger partial charge on any atom is 0.229 e. The van der Waals surface area contributed by atoms with Crippen LogP contribution in [0.3, 0.4) is 0 Å². The van der Waals surface area contributed by atoms with Crippen molar-refractivity contribution in [1.82, 2.24) is 4.98 Å². The van der Waals surface area contributed by atoms with Crippen LogP contribution in [0, 0.1) is 0 Å². The number of nitrogens with one attached hydrogen (secondary N) is 1. The van der Waals surface area contributed by atoms with Gasteiger partial charge in [0, 0.05) is 10.4 Å². The number of thiophene rings is 1. The fraction of sp³-hybridized carbons (Fsp3) is 0.185. The van der Waals surface area contributed by atoms with E-state index in [1.165, 1.54) is 38.8 Å². The number of thiazole rings is 1. The van der Waals surface area contributed by atoms with Crippen molar-refractivity contribution < 1.29 is 4.79 Å². The average molecular weight is 455 g/mol. The third-order valence-corrected chi connectivity index (χ3v) is 8.37. The summed E-state index contributed by atoms with van der Waals surface area (Å²) in [4.78, 5) is 19.4. The Bertz CT molecular complexity index is 1430. The summed E-state index contributed by atoms with van der Waals surface area (Å²) in [7, 11) is 0. The summed E-state index contributed by atoms with van der Waals surface area (Å²) < 4.78 is 1.19. The number of amides is 1. The molecule has 2 aromatic heterocycles. The number of benzene rings is 3. The van der Waals surface area contributed by atoms with E-state index < -0.39 is 0 Å². The zero-order valence-corrected chi connectivity index (χ0v) is 19.2. The highest BCUT2D eigenvalue weighted by atomic mass is 32.1. The highest BCUT2D eigenvalue weighted by Crippen LogP contribution is 2.46. The molecular weight excluding hydrogens is 432 g/mol. The van der Waals surface area contributed by atoms with Gasteiger partial charge < -0.3 is 5.32 Å². The van der Waals surface area contributed by atoms with Gasteiger partial charge in [-0.2, -0.15) is 0 Å². The molecule has 3 aromatic carbocycles.